The van der Waals surface area contributed by atoms with Crippen molar-refractivity contribution in [2.24, 2.45) is 5.92 Å². The molecule has 1 N–H and O–H groups in total. The Bertz CT molecular complexity index is 348. The summed E-state index contributed by atoms with van der Waals surface area (Å²) in [5.74, 6) is 1.66. The molecule has 0 aromatic carbocycles. The van der Waals surface area contributed by atoms with Crippen LogP contribution >= 0.6 is 11.6 Å². The van der Waals surface area contributed by atoms with Crippen LogP contribution in [-0.4, -0.2) is 16.0 Å². The molecule has 0 spiro atoms. The molecule has 1 aromatic heterocycles. The summed E-state index contributed by atoms with van der Waals surface area (Å²) < 4.78 is 0. The van der Waals surface area contributed by atoms with E-state index >= 15 is 0 Å². The SMILES string of the molecule is CCCC1CCC(Nc2nccnc2Cl)CC1. The van der Waals surface area contributed by atoms with Gasteiger partial charge in [-0.05, 0) is 31.6 Å². The summed E-state index contributed by atoms with van der Waals surface area (Å²) in [5, 5.41) is 3.88. The van der Waals surface area contributed by atoms with Crippen LogP contribution in [-0.2, 0) is 0 Å². The lowest BCUT2D eigenvalue weighted by atomic mass is 9.83. The normalized spacial score (nSPS) is 24.6. The summed E-state index contributed by atoms with van der Waals surface area (Å²) in [6.07, 6.45) is 11.1. The average Bonchev–Trinajstić information content (AvgIpc) is 2.35. The third-order valence-electron chi connectivity index (χ3n) is 3.54. The van der Waals surface area contributed by atoms with Gasteiger partial charge in [0.2, 0.25) is 0 Å². The zero-order valence-corrected chi connectivity index (χ0v) is 11.1. The van der Waals surface area contributed by atoms with Gasteiger partial charge < -0.3 is 5.32 Å². The Kier molecular flexibility index (Phi) is 4.60. The molecule has 1 fully saturated rings. The van der Waals surface area contributed by atoms with Crippen LogP contribution in [0.15, 0.2) is 12.4 Å². The molecule has 1 saturated carbocycles. The minimum absolute atomic E-state index is 0.475. The first-order chi connectivity index (χ1) is 8.29. The van der Waals surface area contributed by atoms with Crippen LogP contribution in [0, 0.1) is 5.92 Å². The Labute approximate surface area is 108 Å². The number of rotatable bonds is 4. The first-order valence-electron chi connectivity index (χ1n) is 6.52. The van der Waals surface area contributed by atoms with Gasteiger partial charge in [-0.1, -0.05) is 31.4 Å². The zero-order valence-electron chi connectivity index (χ0n) is 10.3. The van der Waals surface area contributed by atoms with E-state index in [1.54, 1.807) is 12.4 Å². The Hall–Kier alpha value is -0.830. The lowest BCUT2D eigenvalue weighted by Crippen LogP contribution is -2.26. The van der Waals surface area contributed by atoms with Gasteiger partial charge in [0, 0.05) is 18.4 Å². The Morgan fingerprint density at radius 2 is 1.94 bits per heavy atom. The molecule has 17 heavy (non-hydrogen) atoms. The highest BCUT2D eigenvalue weighted by Gasteiger charge is 2.21. The maximum atomic E-state index is 5.99. The highest BCUT2D eigenvalue weighted by atomic mass is 35.5. The minimum Gasteiger partial charge on any atom is -0.365 e. The molecule has 0 radical (unpaired) electrons. The van der Waals surface area contributed by atoms with Crippen molar-refractivity contribution in [3.63, 3.8) is 0 Å². The van der Waals surface area contributed by atoms with Gasteiger partial charge in [-0.2, -0.15) is 0 Å². The van der Waals surface area contributed by atoms with Crippen molar-refractivity contribution in [3.8, 4) is 0 Å². The molecule has 3 nitrogen and oxygen atoms in total. The molecular formula is C13H20ClN3. The summed E-state index contributed by atoms with van der Waals surface area (Å²) in [5.41, 5.74) is 0. The second-order valence-corrected chi connectivity index (χ2v) is 5.20. The highest BCUT2D eigenvalue weighted by molar-refractivity contribution is 6.31. The second kappa shape index (κ2) is 6.20. The first-order valence-corrected chi connectivity index (χ1v) is 6.90. The molecule has 0 amide bonds. The van der Waals surface area contributed by atoms with E-state index in [4.69, 9.17) is 11.6 Å². The molecule has 0 saturated heterocycles. The molecule has 0 bridgehead atoms. The monoisotopic (exact) mass is 253 g/mol. The van der Waals surface area contributed by atoms with Gasteiger partial charge in [-0.25, -0.2) is 9.97 Å². The lowest BCUT2D eigenvalue weighted by molar-refractivity contribution is 0.318. The molecule has 1 aliphatic rings. The summed E-state index contributed by atoms with van der Waals surface area (Å²) in [4.78, 5) is 8.25. The third kappa shape index (κ3) is 3.56. The van der Waals surface area contributed by atoms with Crippen LogP contribution in [0.3, 0.4) is 0 Å². The smallest absolute Gasteiger partial charge is 0.171 e. The fourth-order valence-corrected chi connectivity index (χ4v) is 2.77. The molecule has 0 aliphatic heterocycles. The second-order valence-electron chi connectivity index (χ2n) is 4.85. The maximum Gasteiger partial charge on any atom is 0.171 e. The van der Waals surface area contributed by atoms with Gasteiger partial charge in [0.15, 0.2) is 11.0 Å². The van der Waals surface area contributed by atoms with Crippen LogP contribution in [0.5, 0.6) is 0 Å². The summed E-state index contributed by atoms with van der Waals surface area (Å²) in [7, 11) is 0. The first kappa shape index (κ1) is 12.6. The van der Waals surface area contributed by atoms with Gasteiger partial charge in [0.1, 0.15) is 0 Å². The van der Waals surface area contributed by atoms with Crippen LogP contribution in [0.4, 0.5) is 5.82 Å². The summed E-state index contributed by atoms with van der Waals surface area (Å²) in [6, 6.07) is 0.511. The number of nitrogens with zero attached hydrogens (tertiary/aromatic N) is 2. The van der Waals surface area contributed by atoms with Crippen LogP contribution in [0.25, 0.3) is 0 Å². The largest absolute Gasteiger partial charge is 0.365 e. The van der Waals surface area contributed by atoms with Crippen molar-refractivity contribution in [2.75, 3.05) is 5.32 Å². The predicted molar refractivity (Wildman–Crippen MR) is 71.3 cm³/mol. The fourth-order valence-electron chi connectivity index (χ4n) is 2.61. The van der Waals surface area contributed by atoms with Crippen molar-refractivity contribution >= 4 is 17.4 Å². The van der Waals surface area contributed by atoms with Crippen LogP contribution in [0.2, 0.25) is 5.15 Å². The standard InChI is InChI=1S/C13H20ClN3/c1-2-3-10-4-6-11(7-5-10)17-13-12(14)15-8-9-16-13/h8-11H,2-7H2,1H3,(H,16,17). The van der Waals surface area contributed by atoms with E-state index in [0.717, 1.165) is 11.7 Å². The maximum absolute atomic E-state index is 5.99. The van der Waals surface area contributed by atoms with Gasteiger partial charge in [-0.3, -0.25) is 0 Å². The molecule has 1 aromatic rings. The van der Waals surface area contributed by atoms with Crippen molar-refractivity contribution in [3.05, 3.63) is 17.5 Å². The molecule has 1 heterocycles. The molecule has 4 heteroatoms. The molecular weight excluding hydrogens is 234 g/mol. The quantitative estimate of drug-likeness (QED) is 0.884. The van der Waals surface area contributed by atoms with E-state index in [9.17, 15) is 0 Å². The number of hydrogen-bond donors (Lipinski definition) is 1. The molecule has 2 rings (SSSR count). The highest BCUT2D eigenvalue weighted by Crippen LogP contribution is 2.29. The van der Waals surface area contributed by atoms with Crippen molar-refractivity contribution in [1.82, 2.24) is 9.97 Å². The topological polar surface area (TPSA) is 37.8 Å². The lowest BCUT2D eigenvalue weighted by Gasteiger charge is -2.29. The van der Waals surface area contributed by atoms with E-state index in [1.807, 2.05) is 0 Å². The van der Waals surface area contributed by atoms with E-state index < -0.39 is 0 Å². The number of aromatic nitrogens is 2. The van der Waals surface area contributed by atoms with E-state index in [1.165, 1.54) is 38.5 Å². The van der Waals surface area contributed by atoms with Crippen LogP contribution in [0.1, 0.15) is 45.4 Å². The molecule has 1 aliphatic carbocycles. The fraction of sp³-hybridized carbons (Fsp3) is 0.692. The third-order valence-corrected chi connectivity index (χ3v) is 3.81. The van der Waals surface area contributed by atoms with E-state index in [-0.39, 0.29) is 0 Å². The van der Waals surface area contributed by atoms with E-state index in [0.29, 0.717) is 11.2 Å². The number of halogens is 1. The number of anilines is 1. The summed E-state index contributed by atoms with van der Waals surface area (Å²) in [6.45, 7) is 2.27. The van der Waals surface area contributed by atoms with Crippen molar-refractivity contribution in [2.45, 2.75) is 51.5 Å². The Morgan fingerprint density at radius 1 is 1.24 bits per heavy atom. The molecule has 0 atom stereocenters. The van der Waals surface area contributed by atoms with Gasteiger partial charge in [-0.15, -0.1) is 0 Å². The zero-order chi connectivity index (χ0) is 12.1. The van der Waals surface area contributed by atoms with E-state index in [2.05, 4.69) is 22.2 Å². The summed E-state index contributed by atoms with van der Waals surface area (Å²) >= 11 is 5.99. The molecule has 0 unspecified atom stereocenters. The van der Waals surface area contributed by atoms with Gasteiger partial charge >= 0.3 is 0 Å². The van der Waals surface area contributed by atoms with Crippen molar-refractivity contribution in [1.29, 1.82) is 0 Å². The van der Waals surface area contributed by atoms with Gasteiger partial charge in [0.25, 0.3) is 0 Å². The van der Waals surface area contributed by atoms with Gasteiger partial charge in [0.05, 0.1) is 0 Å². The number of hydrogen-bond acceptors (Lipinski definition) is 3. The number of nitrogens with one attached hydrogen (secondary N) is 1. The Balaban J connectivity index is 1.84. The Morgan fingerprint density at radius 3 is 2.59 bits per heavy atom. The van der Waals surface area contributed by atoms with Crippen molar-refractivity contribution < 1.29 is 0 Å². The molecule has 94 valence electrons. The average molecular weight is 254 g/mol. The predicted octanol–water partition coefficient (Wildman–Crippen LogP) is 3.90. The van der Waals surface area contributed by atoms with Crippen LogP contribution < -0.4 is 5.32 Å². The minimum atomic E-state index is 0.475.